The Hall–Kier alpha value is -3.81. The first-order chi connectivity index (χ1) is 13.9. The minimum atomic E-state index is -1.10. The van der Waals surface area contributed by atoms with Crippen molar-refractivity contribution in [2.75, 3.05) is 7.11 Å². The van der Waals surface area contributed by atoms with E-state index in [4.69, 9.17) is 14.6 Å². The Morgan fingerprint density at radius 1 is 1.17 bits per heavy atom. The fourth-order valence-corrected chi connectivity index (χ4v) is 2.76. The van der Waals surface area contributed by atoms with Crippen LogP contribution in [0.15, 0.2) is 54.2 Å². The first-order valence-corrected chi connectivity index (χ1v) is 8.85. The SMILES string of the molecule is COc1cc(/C=C2\NC(=O)N(Cc3ccccc3)C2=O)ccc1OC(C)C(=O)O. The van der Waals surface area contributed by atoms with Gasteiger partial charge in [0.05, 0.1) is 13.7 Å². The van der Waals surface area contributed by atoms with E-state index in [0.29, 0.717) is 11.3 Å². The molecule has 1 aliphatic rings. The number of hydrogen-bond acceptors (Lipinski definition) is 5. The van der Waals surface area contributed by atoms with Crippen LogP contribution in [0.5, 0.6) is 11.5 Å². The fourth-order valence-electron chi connectivity index (χ4n) is 2.76. The van der Waals surface area contributed by atoms with Gasteiger partial charge in [-0.3, -0.25) is 9.69 Å². The van der Waals surface area contributed by atoms with Gasteiger partial charge in [0, 0.05) is 0 Å². The van der Waals surface area contributed by atoms with Crippen LogP contribution in [0.25, 0.3) is 6.08 Å². The van der Waals surface area contributed by atoms with Crippen molar-refractivity contribution in [2.45, 2.75) is 19.6 Å². The van der Waals surface area contributed by atoms with Gasteiger partial charge in [-0.05, 0) is 36.3 Å². The molecule has 0 aliphatic carbocycles. The summed E-state index contributed by atoms with van der Waals surface area (Å²) in [5.74, 6) is -0.962. The molecule has 2 N–H and O–H groups in total. The highest BCUT2D eigenvalue weighted by Crippen LogP contribution is 2.30. The number of carbonyl (C=O) groups is 3. The molecule has 0 aromatic heterocycles. The van der Waals surface area contributed by atoms with E-state index in [9.17, 15) is 14.4 Å². The lowest BCUT2D eigenvalue weighted by molar-refractivity contribution is -0.144. The quantitative estimate of drug-likeness (QED) is 0.551. The van der Waals surface area contributed by atoms with E-state index in [2.05, 4.69) is 5.32 Å². The van der Waals surface area contributed by atoms with Gasteiger partial charge in [-0.2, -0.15) is 0 Å². The predicted molar refractivity (Wildman–Crippen MR) is 104 cm³/mol. The number of aliphatic carboxylic acids is 1. The molecule has 1 atom stereocenters. The summed E-state index contributed by atoms with van der Waals surface area (Å²) in [4.78, 5) is 36.9. The van der Waals surface area contributed by atoms with Crippen LogP contribution < -0.4 is 14.8 Å². The number of hydrogen-bond donors (Lipinski definition) is 2. The number of amides is 3. The molecule has 2 aromatic carbocycles. The maximum Gasteiger partial charge on any atom is 0.344 e. The van der Waals surface area contributed by atoms with Crippen LogP contribution in [0.1, 0.15) is 18.1 Å². The smallest absolute Gasteiger partial charge is 0.344 e. The lowest BCUT2D eigenvalue weighted by Crippen LogP contribution is -2.30. The summed E-state index contributed by atoms with van der Waals surface area (Å²) in [7, 11) is 1.43. The molecular formula is C21H20N2O6. The van der Waals surface area contributed by atoms with Crippen LogP contribution in [-0.2, 0) is 16.1 Å². The van der Waals surface area contributed by atoms with Crippen molar-refractivity contribution < 1.29 is 29.0 Å². The number of benzene rings is 2. The van der Waals surface area contributed by atoms with Crippen LogP contribution in [0.2, 0.25) is 0 Å². The van der Waals surface area contributed by atoms with E-state index in [-0.39, 0.29) is 18.0 Å². The number of methoxy groups -OCH3 is 1. The number of ether oxygens (including phenoxy) is 2. The van der Waals surface area contributed by atoms with Gasteiger partial charge in [0.15, 0.2) is 17.6 Å². The molecule has 8 heteroatoms. The predicted octanol–water partition coefficient (Wildman–Crippen LogP) is 2.64. The maximum absolute atomic E-state index is 12.6. The Bertz CT molecular complexity index is 970. The fraction of sp³-hybridized carbons (Fsp3) is 0.190. The normalized spacial score (nSPS) is 15.9. The zero-order valence-electron chi connectivity index (χ0n) is 15.9. The van der Waals surface area contributed by atoms with E-state index in [1.807, 2.05) is 30.3 Å². The van der Waals surface area contributed by atoms with Gasteiger partial charge in [-0.15, -0.1) is 0 Å². The molecule has 0 saturated carbocycles. The second-order valence-electron chi connectivity index (χ2n) is 6.37. The first-order valence-electron chi connectivity index (χ1n) is 8.85. The van der Waals surface area contributed by atoms with Crippen molar-refractivity contribution in [1.29, 1.82) is 0 Å². The van der Waals surface area contributed by atoms with Crippen molar-refractivity contribution in [3.05, 3.63) is 65.4 Å². The van der Waals surface area contributed by atoms with Gasteiger partial charge in [-0.25, -0.2) is 9.59 Å². The molecule has 29 heavy (non-hydrogen) atoms. The van der Waals surface area contributed by atoms with Crippen molar-refractivity contribution in [3.63, 3.8) is 0 Å². The second kappa shape index (κ2) is 8.47. The number of nitrogens with one attached hydrogen (secondary N) is 1. The molecular weight excluding hydrogens is 376 g/mol. The summed E-state index contributed by atoms with van der Waals surface area (Å²) in [6.07, 6.45) is 0.480. The van der Waals surface area contributed by atoms with Gasteiger partial charge in [-0.1, -0.05) is 36.4 Å². The minimum absolute atomic E-state index is 0.139. The average Bonchev–Trinajstić information content (AvgIpc) is 2.97. The molecule has 3 rings (SSSR count). The first kappa shape index (κ1) is 19.9. The zero-order chi connectivity index (χ0) is 21.0. The Labute approximate surface area is 167 Å². The standard InChI is InChI=1S/C21H20N2O6/c1-13(20(25)26)29-17-9-8-15(11-18(17)28-2)10-16-19(24)23(21(27)22-16)12-14-6-4-3-5-7-14/h3-11,13H,12H2,1-2H3,(H,22,27)(H,25,26)/b16-10-. The topological polar surface area (TPSA) is 105 Å². The average molecular weight is 396 g/mol. The highest BCUT2D eigenvalue weighted by molar-refractivity contribution is 6.13. The molecule has 1 aliphatic heterocycles. The molecule has 0 spiro atoms. The Morgan fingerprint density at radius 2 is 1.90 bits per heavy atom. The Balaban J connectivity index is 1.80. The van der Waals surface area contributed by atoms with Crippen LogP contribution in [0.3, 0.4) is 0 Å². The third-order valence-electron chi connectivity index (χ3n) is 4.30. The third kappa shape index (κ3) is 4.55. The monoisotopic (exact) mass is 396 g/mol. The molecule has 1 saturated heterocycles. The Kier molecular flexibility index (Phi) is 5.82. The van der Waals surface area contributed by atoms with E-state index in [1.165, 1.54) is 20.1 Å². The Morgan fingerprint density at radius 3 is 2.55 bits per heavy atom. The highest BCUT2D eigenvalue weighted by Gasteiger charge is 2.33. The van der Waals surface area contributed by atoms with Crippen LogP contribution in [0.4, 0.5) is 4.79 Å². The van der Waals surface area contributed by atoms with Crippen molar-refractivity contribution in [3.8, 4) is 11.5 Å². The third-order valence-corrected chi connectivity index (χ3v) is 4.30. The number of imide groups is 1. The summed E-state index contributed by atoms with van der Waals surface area (Å²) in [6.45, 7) is 1.58. The number of urea groups is 1. The molecule has 3 amide bonds. The number of carboxylic acids is 1. The van der Waals surface area contributed by atoms with Crippen molar-refractivity contribution in [2.24, 2.45) is 0 Å². The van der Waals surface area contributed by atoms with E-state index in [1.54, 1.807) is 18.2 Å². The molecule has 1 heterocycles. The summed E-state index contributed by atoms with van der Waals surface area (Å²) < 4.78 is 10.6. The van der Waals surface area contributed by atoms with Crippen molar-refractivity contribution >= 4 is 24.0 Å². The number of carbonyl (C=O) groups excluding carboxylic acids is 2. The molecule has 8 nitrogen and oxygen atoms in total. The van der Waals surface area contributed by atoms with Gasteiger partial charge in [0.25, 0.3) is 5.91 Å². The van der Waals surface area contributed by atoms with Crippen LogP contribution in [-0.4, -0.2) is 41.1 Å². The summed E-state index contributed by atoms with van der Waals surface area (Å²) >= 11 is 0. The molecule has 0 radical (unpaired) electrons. The van der Waals surface area contributed by atoms with Gasteiger partial charge >= 0.3 is 12.0 Å². The minimum Gasteiger partial charge on any atom is -0.493 e. The maximum atomic E-state index is 12.6. The molecule has 150 valence electrons. The molecule has 2 aromatic rings. The van der Waals surface area contributed by atoms with E-state index in [0.717, 1.165) is 10.5 Å². The molecule has 1 unspecified atom stereocenters. The second-order valence-corrected chi connectivity index (χ2v) is 6.37. The van der Waals surface area contributed by atoms with Crippen LogP contribution >= 0.6 is 0 Å². The summed E-state index contributed by atoms with van der Waals surface area (Å²) in [5, 5.41) is 11.5. The van der Waals surface area contributed by atoms with E-state index >= 15 is 0 Å². The zero-order valence-corrected chi connectivity index (χ0v) is 15.9. The number of nitrogens with zero attached hydrogens (tertiary/aromatic N) is 1. The number of carboxylic acid groups (broad SMARTS) is 1. The van der Waals surface area contributed by atoms with Crippen LogP contribution in [0, 0.1) is 0 Å². The largest absolute Gasteiger partial charge is 0.493 e. The van der Waals surface area contributed by atoms with Gasteiger partial charge < -0.3 is 19.9 Å². The van der Waals surface area contributed by atoms with Gasteiger partial charge in [0.1, 0.15) is 5.70 Å². The van der Waals surface area contributed by atoms with E-state index < -0.39 is 24.0 Å². The van der Waals surface area contributed by atoms with Crippen molar-refractivity contribution in [1.82, 2.24) is 10.2 Å². The lowest BCUT2D eigenvalue weighted by atomic mass is 10.1. The van der Waals surface area contributed by atoms with Gasteiger partial charge in [0.2, 0.25) is 0 Å². The number of rotatable bonds is 7. The molecule has 0 bridgehead atoms. The lowest BCUT2D eigenvalue weighted by Gasteiger charge is -2.14. The molecule has 1 fully saturated rings. The highest BCUT2D eigenvalue weighted by atomic mass is 16.5. The summed E-state index contributed by atoms with van der Waals surface area (Å²) in [5.41, 5.74) is 1.57. The summed E-state index contributed by atoms with van der Waals surface area (Å²) in [6, 6.07) is 13.5.